The van der Waals surface area contributed by atoms with E-state index in [2.05, 4.69) is 17.5 Å². The van der Waals surface area contributed by atoms with Crippen molar-refractivity contribution in [2.75, 3.05) is 6.54 Å². The van der Waals surface area contributed by atoms with Crippen molar-refractivity contribution in [1.82, 2.24) is 5.32 Å². The number of thiophene rings is 1. The van der Waals surface area contributed by atoms with E-state index < -0.39 is 0 Å². The smallest absolute Gasteiger partial charge is 0.168 e. The fourth-order valence-electron chi connectivity index (χ4n) is 1.87. The van der Waals surface area contributed by atoms with Gasteiger partial charge in [0.05, 0.1) is 0 Å². The van der Waals surface area contributed by atoms with Crippen molar-refractivity contribution < 1.29 is 4.79 Å². The van der Waals surface area contributed by atoms with Gasteiger partial charge in [-0.2, -0.15) is 0 Å². The molecular formula is C11H9NOS. The lowest BCUT2D eigenvalue weighted by Gasteiger charge is -2.03. The fraction of sp³-hybridized carbons (Fsp3) is 0.182. The molecule has 3 rings (SSSR count). The zero-order valence-corrected chi connectivity index (χ0v) is 8.36. The molecule has 0 amide bonds. The van der Waals surface area contributed by atoms with Crippen LogP contribution in [0.25, 0.3) is 18.4 Å². The number of carbonyl (C=O) groups is 1. The topological polar surface area (TPSA) is 29.1 Å². The van der Waals surface area contributed by atoms with Gasteiger partial charge in [0.25, 0.3) is 0 Å². The van der Waals surface area contributed by atoms with Crippen molar-refractivity contribution in [2.45, 2.75) is 6.42 Å². The molecule has 0 saturated carbocycles. The Morgan fingerprint density at radius 3 is 3.29 bits per heavy atom. The molecule has 0 spiro atoms. The van der Waals surface area contributed by atoms with Gasteiger partial charge in [-0.25, -0.2) is 0 Å². The Hall–Kier alpha value is -1.35. The lowest BCUT2D eigenvalue weighted by atomic mass is 10.0. The van der Waals surface area contributed by atoms with Gasteiger partial charge in [-0.05, 0) is 12.2 Å². The average Bonchev–Trinajstić information content (AvgIpc) is 2.57. The van der Waals surface area contributed by atoms with Gasteiger partial charge in [-0.1, -0.05) is 6.08 Å². The molecule has 0 unspecified atom stereocenters. The van der Waals surface area contributed by atoms with Gasteiger partial charge in [0.2, 0.25) is 0 Å². The summed E-state index contributed by atoms with van der Waals surface area (Å²) in [5.41, 5.74) is 0.913. The highest BCUT2D eigenvalue weighted by atomic mass is 32.1. The first-order valence-corrected chi connectivity index (χ1v) is 5.44. The SMILES string of the molecule is O=C1CC=Cc2sc3c(c21)=CNCC=3. The molecule has 3 heteroatoms. The van der Waals surface area contributed by atoms with Gasteiger partial charge in [0.1, 0.15) is 0 Å². The molecule has 1 N–H and O–H groups in total. The van der Waals surface area contributed by atoms with Crippen LogP contribution < -0.4 is 15.1 Å². The molecule has 14 heavy (non-hydrogen) atoms. The monoisotopic (exact) mass is 203 g/mol. The molecule has 2 aliphatic rings. The molecule has 0 saturated heterocycles. The first-order valence-electron chi connectivity index (χ1n) is 4.62. The Morgan fingerprint density at radius 2 is 2.36 bits per heavy atom. The molecule has 70 valence electrons. The van der Waals surface area contributed by atoms with E-state index in [1.54, 1.807) is 11.3 Å². The van der Waals surface area contributed by atoms with Crippen LogP contribution in [0.3, 0.4) is 0 Å². The van der Waals surface area contributed by atoms with Crippen LogP contribution in [0, 0.1) is 0 Å². The van der Waals surface area contributed by atoms with Gasteiger partial charge in [0, 0.05) is 39.4 Å². The Morgan fingerprint density at radius 1 is 1.43 bits per heavy atom. The van der Waals surface area contributed by atoms with E-state index in [0.717, 1.165) is 22.2 Å². The highest BCUT2D eigenvalue weighted by molar-refractivity contribution is 7.11. The minimum atomic E-state index is 0.244. The molecule has 2 heterocycles. The number of hydrogen-bond donors (Lipinski definition) is 1. The zero-order chi connectivity index (χ0) is 9.54. The van der Waals surface area contributed by atoms with Crippen LogP contribution in [0.4, 0.5) is 0 Å². The summed E-state index contributed by atoms with van der Waals surface area (Å²) in [6.07, 6.45) is 8.65. The quantitative estimate of drug-likeness (QED) is 0.664. The van der Waals surface area contributed by atoms with Crippen molar-refractivity contribution in [3.05, 3.63) is 26.3 Å². The van der Waals surface area contributed by atoms with Crippen molar-refractivity contribution in [3.8, 4) is 0 Å². The molecule has 1 aliphatic carbocycles. The molecule has 0 fully saturated rings. The Bertz CT molecular complexity index is 551. The highest BCUT2D eigenvalue weighted by Gasteiger charge is 2.18. The summed E-state index contributed by atoms with van der Waals surface area (Å²) in [7, 11) is 0. The predicted octanol–water partition coefficient (Wildman–Crippen LogP) is 0.469. The van der Waals surface area contributed by atoms with E-state index in [1.807, 2.05) is 12.3 Å². The number of hydrogen-bond acceptors (Lipinski definition) is 3. The second-order valence-corrected chi connectivity index (χ2v) is 4.49. The predicted molar refractivity (Wildman–Crippen MR) is 58.5 cm³/mol. The first kappa shape index (κ1) is 8.00. The van der Waals surface area contributed by atoms with Crippen LogP contribution in [-0.2, 0) is 0 Å². The van der Waals surface area contributed by atoms with Crippen LogP contribution in [0.2, 0.25) is 0 Å². The van der Waals surface area contributed by atoms with E-state index in [0.29, 0.717) is 6.42 Å². The normalized spacial score (nSPS) is 17.6. The standard InChI is InChI=1S/C11H9NOS/c13-8-2-1-3-10-11(8)7-6-12-5-4-9(7)14-10/h1,3-4,6,12H,2,5H2. The molecule has 1 aliphatic heterocycles. The Kier molecular flexibility index (Phi) is 1.61. The minimum absolute atomic E-state index is 0.244. The first-order chi connectivity index (χ1) is 6.86. The maximum atomic E-state index is 11.7. The largest absolute Gasteiger partial charge is 0.387 e. The van der Waals surface area contributed by atoms with E-state index in [9.17, 15) is 4.79 Å². The molecular weight excluding hydrogens is 194 g/mol. The second-order valence-electron chi connectivity index (χ2n) is 3.41. The molecule has 0 radical (unpaired) electrons. The number of rotatable bonds is 0. The lowest BCUT2D eigenvalue weighted by molar-refractivity contribution is 0.0994. The van der Waals surface area contributed by atoms with Gasteiger partial charge in [-0.15, -0.1) is 11.3 Å². The van der Waals surface area contributed by atoms with Gasteiger partial charge < -0.3 is 5.32 Å². The summed E-state index contributed by atoms with van der Waals surface area (Å²) >= 11 is 1.71. The number of fused-ring (bicyclic) bond motifs is 3. The number of carbonyl (C=O) groups excluding carboxylic acids is 1. The van der Waals surface area contributed by atoms with E-state index >= 15 is 0 Å². The van der Waals surface area contributed by atoms with Crippen molar-refractivity contribution in [3.63, 3.8) is 0 Å². The number of Topliss-reactive ketones (excluding diaryl/α,β-unsaturated/α-hetero) is 1. The highest BCUT2D eigenvalue weighted by Crippen LogP contribution is 2.18. The third-order valence-electron chi connectivity index (χ3n) is 2.50. The van der Waals surface area contributed by atoms with E-state index in [4.69, 9.17) is 0 Å². The van der Waals surface area contributed by atoms with Crippen LogP contribution in [0.5, 0.6) is 0 Å². The minimum Gasteiger partial charge on any atom is -0.387 e. The number of allylic oxidation sites excluding steroid dienone is 1. The van der Waals surface area contributed by atoms with Gasteiger partial charge >= 0.3 is 0 Å². The molecule has 0 atom stereocenters. The third-order valence-corrected chi connectivity index (χ3v) is 3.67. The van der Waals surface area contributed by atoms with E-state index in [1.165, 1.54) is 4.53 Å². The van der Waals surface area contributed by atoms with Crippen molar-refractivity contribution in [1.29, 1.82) is 0 Å². The summed E-state index contributed by atoms with van der Waals surface area (Å²) in [6, 6.07) is 0. The average molecular weight is 203 g/mol. The molecule has 1 aromatic heterocycles. The van der Waals surface area contributed by atoms with Gasteiger partial charge in [-0.3, -0.25) is 4.79 Å². The second kappa shape index (κ2) is 2.82. The number of nitrogens with one attached hydrogen (secondary N) is 1. The molecule has 2 nitrogen and oxygen atoms in total. The fourth-order valence-corrected chi connectivity index (χ4v) is 3.03. The van der Waals surface area contributed by atoms with Crippen LogP contribution in [0.15, 0.2) is 6.08 Å². The summed E-state index contributed by atoms with van der Waals surface area (Å²) in [5.74, 6) is 0.244. The molecule has 0 aromatic carbocycles. The van der Waals surface area contributed by atoms with Crippen LogP contribution in [0.1, 0.15) is 21.7 Å². The Labute approximate surface area is 85.3 Å². The lowest BCUT2D eigenvalue weighted by Crippen LogP contribution is -2.32. The van der Waals surface area contributed by atoms with Crippen LogP contribution >= 0.6 is 11.3 Å². The summed E-state index contributed by atoms with van der Waals surface area (Å²) in [4.78, 5) is 12.8. The molecule has 0 bridgehead atoms. The zero-order valence-electron chi connectivity index (χ0n) is 7.54. The maximum absolute atomic E-state index is 11.7. The third kappa shape index (κ3) is 0.990. The maximum Gasteiger partial charge on any atom is 0.168 e. The van der Waals surface area contributed by atoms with Gasteiger partial charge in [0.15, 0.2) is 5.78 Å². The Balaban J connectivity index is 2.45. The van der Waals surface area contributed by atoms with Crippen LogP contribution in [-0.4, -0.2) is 12.3 Å². The summed E-state index contributed by atoms with van der Waals surface area (Å²) in [5, 5.41) is 4.24. The van der Waals surface area contributed by atoms with Crippen molar-refractivity contribution in [2.24, 2.45) is 0 Å². The molecule has 1 aromatic rings. The van der Waals surface area contributed by atoms with Crippen molar-refractivity contribution >= 4 is 35.5 Å². The summed E-state index contributed by atoms with van der Waals surface area (Å²) < 4.78 is 1.23. The number of ketones is 1. The van der Waals surface area contributed by atoms with E-state index in [-0.39, 0.29) is 5.78 Å². The summed E-state index contributed by atoms with van der Waals surface area (Å²) in [6.45, 7) is 0.865.